The van der Waals surface area contributed by atoms with Crippen molar-refractivity contribution >= 4 is 38.9 Å². The quantitative estimate of drug-likeness (QED) is 0.539. The van der Waals surface area contributed by atoms with Crippen LogP contribution < -0.4 is 14.9 Å². The summed E-state index contributed by atoms with van der Waals surface area (Å²) >= 11 is 0. The van der Waals surface area contributed by atoms with Crippen molar-refractivity contribution in [2.75, 3.05) is 21.5 Å². The lowest BCUT2D eigenvalue weighted by Crippen LogP contribution is -2.35. The topological polar surface area (TPSA) is 95.6 Å². The van der Waals surface area contributed by atoms with Gasteiger partial charge in [0.05, 0.1) is 4.90 Å². The van der Waals surface area contributed by atoms with Crippen LogP contribution in [0.15, 0.2) is 77.7 Å². The number of amides is 2. The zero-order valence-electron chi connectivity index (χ0n) is 19.1. The van der Waals surface area contributed by atoms with Crippen molar-refractivity contribution in [1.82, 2.24) is 0 Å². The van der Waals surface area contributed by atoms with Crippen LogP contribution in [0.25, 0.3) is 0 Å². The SMILES string of the molecule is CC(C)C(=O)Nc1ccc(S(=O)(=O)Nc2ccc3c(c2)CCCN3C(=O)c2ccccc2)cc1. The van der Waals surface area contributed by atoms with Gasteiger partial charge >= 0.3 is 0 Å². The Kier molecular flexibility index (Phi) is 6.70. The smallest absolute Gasteiger partial charge is 0.261 e. The van der Waals surface area contributed by atoms with Crippen LogP contribution in [0.3, 0.4) is 0 Å². The van der Waals surface area contributed by atoms with E-state index >= 15 is 0 Å². The molecule has 1 heterocycles. The highest BCUT2D eigenvalue weighted by Crippen LogP contribution is 2.31. The van der Waals surface area contributed by atoms with Crippen molar-refractivity contribution in [2.45, 2.75) is 31.6 Å². The lowest BCUT2D eigenvalue weighted by molar-refractivity contribution is -0.118. The molecule has 1 aliphatic heterocycles. The number of benzene rings is 3. The van der Waals surface area contributed by atoms with Crippen LogP contribution in [0.5, 0.6) is 0 Å². The van der Waals surface area contributed by atoms with E-state index in [1.54, 1.807) is 61.2 Å². The number of anilines is 3. The van der Waals surface area contributed by atoms with E-state index in [1.807, 2.05) is 18.2 Å². The third-order valence-electron chi connectivity index (χ3n) is 5.67. The van der Waals surface area contributed by atoms with E-state index < -0.39 is 10.0 Å². The van der Waals surface area contributed by atoms with Crippen molar-refractivity contribution in [2.24, 2.45) is 5.92 Å². The number of carbonyl (C=O) groups excluding carboxylic acids is 2. The molecule has 8 heteroatoms. The van der Waals surface area contributed by atoms with Crippen LogP contribution >= 0.6 is 0 Å². The van der Waals surface area contributed by atoms with Gasteiger partial charge < -0.3 is 10.2 Å². The number of nitrogens with one attached hydrogen (secondary N) is 2. The molecule has 34 heavy (non-hydrogen) atoms. The molecule has 2 amide bonds. The number of hydrogen-bond acceptors (Lipinski definition) is 4. The summed E-state index contributed by atoms with van der Waals surface area (Å²) in [6.45, 7) is 4.19. The van der Waals surface area contributed by atoms with Gasteiger partial charge in [0.2, 0.25) is 5.91 Å². The van der Waals surface area contributed by atoms with Gasteiger partial charge in [-0.25, -0.2) is 8.42 Å². The van der Waals surface area contributed by atoms with Crippen molar-refractivity contribution in [3.8, 4) is 0 Å². The maximum absolute atomic E-state index is 13.0. The van der Waals surface area contributed by atoms with Gasteiger partial charge in [0.25, 0.3) is 15.9 Å². The van der Waals surface area contributed by atoms with Gasteiger partial charge in [-0.3, -0.25) is 14.3 Å². The summed E-state index contributed by atoms with van der Waals surface area (Å²) in [5, 5.41) is 2.74. The van der Waals surface area contributed by atoms with E-state index in [0.29, 0.717) is 23.5 Å². The van der Waals surface area contributed by atoms with Gasteiger partial charge in [-0.2, -0.15) is 0 Å². The summed E-state index contributed by atoms with van der Waals surface area (Å²) < 4.78 is 28.4. The summed E-state index contributed by atoms with van der Waals surface area (Å²) in [7, 11) is -3.82. The monoisotopic (exact) mass is 477 g/mol. The second-order valence-corrected chi connectivity index (χ2v) is 10.2. The van der Waals surface area contributed by atoms with E-state index in [9.17, 15) is 18.0 Å². The van der Waals surface area contributed by atoms with Crippen LogP contribution in [-0.2, 0) is 21.2 Å². The third kappa shape index (κ3) is 5.12. The Balaban J connectivity index is 1.51. The van der Waals surface area contributed by atoms with Gasteiger partial charge in [0.1, 0.15) is 0 Å². The van der Waals surface area contributed by atoms with E-state index in [4.69, 9.17) is 0 Å². The fourth-order valence-corrected chi connectivity index (χ4v) is 4.88. The van der Waals surface area contributed by atoms with Crippen LogP contribution in [-0.4, -0.2) is 26.8 Å². The molecule has 3 aromatic carbocycles. The molecule has 1 aliphatic rings. The lowest BCUT2D eigenvalue weighted by Gasteiger charge is -2.30. The fraction of sp³-hybridized carbons (Fsp3) is 0.231. The Hall–Kier alpha value is -3.65. The molecule has 0 fully saturated rings. The molecule has 0 radical (unpaired) electrons. The number of carbonyl (C=O) groups is 2. The van der Waals surface area contributed by atoms with Crippen molar-refractivity contribution in [3.05, 3.63) is 83.9 Å². The first-order chi connectivity index (χ1) is 16.2. The minimum Gasteiger partial charge on any atom is -0.326 e. The Morgan fingerprint density at radius 1 is 0.912 bits per heavy atom. The Morgan fingerprint density at radius 3 is 2.26 bits per heavy atom. The van der Waals surface area contributed by atoms with Crippen LogP contribution in [0.2, 0.25) is 0 Å². The van der Waals surface area contributed by atoms with Crippen molar-refractivity contribution in [1.29, 1.82) is 0 Å². The van der Waals surface area contributed by atoms with Crippen LogP contribution in [0, 0.1) is 5.92 Å². The molecule has 3 aromatic rings. The maximum Gasteiger partial charge on any atom is 0.261 e. The minimum absolute atomic E-state index is 0.0699. The summed E-state index contributed by atoms with van der Waals surface area (Å²) in [6, 6.07) is 20.4. The predicted molar refractivity (Wildman–Crippen MR) is 134 cm³/mol. The summed E-state index contributed by atoms with van der Waals surface area (Å²) in [6.07, 6.45) is 1.55. The molecular formula is C26H27N3O4S. The Morgan fingerprint density at radius 2 is 1.59 bits per heavy atom. The van der Waals surface area contributed by atoms with Gasteiger partial charge in [0, 0.05) is 35.1 Å². The van der Waals surface area contributed by atoms with Gasteiger partial charge in [-0.1, -0.05) is 32.0 Å². The maximum atomic E-state index is 13.0. The molecule has 0 unspecified atom stereocenters. The molecule has 7 nitrogen and oxygen atoms in total. The first-order valence-electron chi connectivity index (χ1n) is 11.2. The average Bonchev–Trinajstić information content (AvgIpc) is 2.83. The van der Waals surface area contributed by atoms with Crippen molar-refractivity contribution in [3.63, 3.8) is 0 Å². The molecule has 4 rings (SSSR count). The molecule has 0 bridgehead atoms. The van der Waals surface area contributed by atoms with Crippen LogP contribution in [0.4, 0.5) is 17.1 Å². The molecule has 176 valence electrons. The average molecular weight is 478 g/mol. The molecule has 0 saturated carbocycles. The molecule has 2 N–H and O–H groups in total. The lowest BCUT2D eigenvalue weighted by atomic mass is 10.00. The number of rotatable bonds is 6. The first-order valence-corrected chi connectivity index (χ1v) is 12.7. The summed E-state index contributed by atoms with van der Waals surface area (Å²) in [5.41, 5.74) is 3.31. The summed E-state index contributed by atoms with van der Waals surface area (Å²) in [4.78, 5) is 26.7. The van der Waals surface area contributed by atoms with E-state index in [2.05, 4.69) is 10.0 Å². The highest BCUT2D eigenvalue weighted by atomic mass is 32.2. The molecule has 0 aromatic heterocycles. The normalized spacial score (nSPS) is 13.3. The van der Waals surface area contributed by atoms with Gasteiger partial charge in [0.15, 0.2) is 0 Å². The second kappa shape index (κ2) is 9.69. The second-order valence-electron chi connectivity index (χ2n) is 8.54. The zero-order valence-corrected chi connectivity index (χ0v) is 19.9. The number of sulfonamides is 1. The van der Waals surface area contributed by atoms with Gasteiger partial charge in [-0.15, -0.1) is 0 Å². The largest absolute Gasteiger partial charge is 0.326 e. The number of aryl methyl sites for hydroxylation is 1. The third-order valence-corrected chi connectivity index (χ3v) is 7.07. The zero-order chi connectivity index (χ0) is 24.3. The van der Waals surface area contributed by atoms with E-state index in [-0.39, 0.29) is 22.6 Å². The summed E-state index contributed by atoms with van der Waals surface area (Å²) in [5.74, 6) is -0.380. The molecule has 0 atom stereocenters. The Bertz CT molecular complexity index is 1300. The standard InChI is InChI=1S/C26H27N3O4S/c1-18(2)25(30)27-21-10-13-23(14-11-21)34(32,33)28-22-12-15-24-20(17-22)9-6-16-29(24)26(31)19-7-4-3-5-8-19/h3-5,7-8,10-15,17-18,28H,6,9,16H2,1-2H3,(H,27,30). The Labute approximate surface area is 199 Å². The highest BCUT2D eigenvalue weighted by Gasteiger charge is 2.24. The molecule has 0 spiro atoms. The van der Waals surface area contributed by atoms with E-state index in [1.165, 1.54) is 12.1 Å². The molecule has 0 aliphatic carbocycles. The first kappa shape index (κ1) is 23.5. The number of hydrogen-bond donors (Lipinski definition) is 2. The number of fused-ring (bicyclic) bond motifs is 1. The van der Waals surface area contributed by atoms with Gasteiger partial charge in [-0.05, 0) is 73.0 Å². The predicted octanol–water partition coefficient (Wildman–Crippen LogP) is 4.67. The van der Waals surface area contributed by atoms with Crippen molar-refractivity contribution < 1.29 is 18.0 Å². The van der Waals surface area contributed by atoms with E-state index in [0.717, 1.165) is 24.1 Å². The van der Waals surface area contributed by atoms with Crippen LogP contribution in [0.1, 0.15) is 36.2 Å². The molecule has 0 saturated heterocycles. The minimum atomic E-state index is -3.82. The highest BCUT2D eigenvalue weighted by molar-refractivity contribution is 7.92. The fourth-order valence-electron chi connectivity index (χ4n) is 3.83. The number of nitrogens with zero attached hydrogens (tertiary/aromatic N) is 1. The molecular weight excluding hydrogens is 450 g/mol.